The minimum Gasteiger partial charge on any atom is -0.448 e. The number of benzene rings is 3. The van der Waals surface area contributed by atoms with Gasteiger partial charge in [-0.3, -0.25) is 14.3 Å². The van der Waals surface area contributed by atoms with E-state index in [-0.39, 0.29) is 36.7 Å². The number of aryl methyl sites for hydroxylation is 1. The highest BCUT2D eigenvalue weighted by Gasteiger charge is 2.46. The van der Waals surface area contributed by atoms with Crippen molar-refractivity contribution >= 4 is 23.9 Å². The lowest BCUT2D eigenvalue weighted by Crippen LogP contribution is -2.37. The molecule has 3 aliphatic rings. The fourth-order valence-electron chi connectivity index (χ4n) is 6.48. The van der Waals surface area contributed by atoms with Gasteiger partial charge in [-0.15, -0.1) is 0 Å². The summed E-state index contributed by atoms with van der Waals surface area (Å²) in [5.41, 5.74) is 6.41. The molecule has 3 amide bonds. The molecule has 0 unspecified atom stereocenters. The SMILES string of the molecule is Cc1c([C@@H]2CN(C(=O)OCC3c4ccccc4-c4ccccc43)C[C@H]2C(=O)ON2C(=O)c3ccccc3C2=O)cnn1C. The number of fused-ring (bicyclic) bond motifs is 4. The molecule has 43 heavy (non-hydrogen) atoms. The Morgan fingerprint density at radius 1 is 0.814 bits per heavy atom. The van der Waals surface area contributed by atoms with Gasteiger partial charge in [-0.1, -0.05) is 65.7 Å². The van der Waals surface area contributed by atoms with Gasteiger partial charge in [0.1, 0.15) is 6.61 Å². The highest BCUT2D eigenvalue weighted by Crippen LogP contribution is 2.45. The van der Waals surface area contributed by atoms with Gasteiger partial charge in [-0.05, 0) is 46.9 Å². The van der Waals surface area contributed by atoms with E-state index >= 15 is 0 Å². The summed E-state index contributed by atoms with van der Waals surface area (Å²) in [4.78, 5) is 59.7. The number of nitrogens with zero attached hydrogens (tertiary/aromatic N) is 4. The molecule has 10 nitrogen and oxygen atoms in total. The van der Waals surface area contributed by atoms with Crippen LogP contribution in [0.1, 0.15) is 54.9 Å². The van der Waals surface area contributed by atoms with Crippen molar-refractivity contribution in [1.29, 1.82) is 0 Å². The molecule has 2 aliphatic heterocycles. The molecule has 1 saturated heterocycles. The van der Waals surface area contributed by atoms with Crippen molar-refractivity contribution in [2.75, 3.05) is 19.7 Å². The summed E-state index contributed by atoms with van der Waals surface area (Å²) in [6, 6.07) is 22.5. The zero-order valence-electron chi connectivity index (χ0n) is 23.6. The number of amides is 3. The van der Waals surface area contributed by atoms with Crippen molar-refractivity contribution in [3.05, 3.63) is 113 Å². The third kappa shape index (κ3) is 4.29. The van der Waals surface area contributed by atoms with Crippen molar-refractivity contribution in [3.63, 3.8) is 0 Å². The van der Waals surface area contributed by atoms with Crippen LogP contribution in [0.2, 0.25) is 0 Å². The molecule has 4 aromatic rings. The van der Waals surface area contributed by atoms with E-state index in [1.165, 1.54) is 17.0 Å². The molecule has 1 aromatic heterocycles. The molecule has 0 saturated carbocycles. The van der Waals surface area contributed by atoms with Gasteiger partial charge < -0.3 is 14.5 Å². The Balaban J connectivity index is 1.10. The second-order valence-electron chi connectivity index (χ2n) is 11.1. The number of rotatable bonds is 5. The Morgan fingerprint density at radius 2 is 1.37 bits per heavy atom. The number of likely N-dealkylation sites (tertiary alicyclic amines) is 1. The molecule has 3 heterocycles. The van der Waals surface area contributed by atoms with E-state index in [4.69, 9.17) is 9.57 Å². The maximum Gasteiger partial charge on any atom is 0.409 e. The second-order valence-corrected chi connectivity index (χ2v) is 11.1. The van der Waals surface area contributed by atoms with Crippen molar-refractivity contribution in [2.45, 2.75) is 18.8 Å². The molecule has 0 N–H and O–H groups in total. The van der Waals surface area contributed by atoms with Gasteiger partial charge in [0.25, 0.3) is 11.8 Å². The van der Waals surface area contributed by atoms with Crippen LogP contribution in [0.4, 0.5) is 4.79 Å². The van der Waals surface area contributed by atoms with Crippen molar-refractivity contribution in [1.82, 2.24) is 19.7 Å². The fourth-order valence-corrected chi connectivity index (χ4v) is 6.48. The Hall–Kier alpha value is -5.25. The summed E-state index contributed by atoms with van der Waals surface area (Å²) < 4.78 is 7.57. The summed E-state index contributed by atoms with van der Waals surface area (Å²) in [6.45, 7) is 2.21. The third-order valence-electron chi connectivity index (χ3n) is 8.83. The Bertz CT molecular complexity index is 1730. The van der Waals surface area contributed by atoms with E-state index in [9.17, 15) is 19.2 Å². The number of hydrogen-bond acceptors (Lipinski definition) is 7. The first-order valence-corrected chi connectivity index (χ1v) is 14.1. The van der Waals surface area contributed by atoms with E-state index in [0.29, 0.717) is 5.06 Å². The van der Waals surface area contributed by atoms with Crippen LogP contribution in [0.25, 0.3) is 11.1 Å². The first kappa shape index (κ1) is 26.6. The predicted molar refractivity (Wildman–Crippen MR) is 154 cm³/mol. The van der Waals surface area contributed by atoms with Gasteiger partial charge in [0.05, 0.1) is 23.2 Å². The highest BCUT2D eigenvalue weighted by atomic mass is 16.7. The Morgan fingerprint density at radius 3 is 1.93 bits per heavy atom. The lowest BCUT2D eigenvalue weighted by atomic mass is 9.89. The first-order valence-electron chi connectivity index (χ1n) is 14.1. The number of ether oxygens (including phenoxy) is 1. The van der Waals surface area contributed by atoms with Crippen LogP contribution in [-0.4, -0.2) is 63.3 Å². The number of imide groups is 1. The smallest absolute Gasteiger partial charge is 0.409 e. The molecule has 7 rings (SSSR count). The molecular formula is C33H28N4O6. The monoisotopic (exact) mass is 576 g/mol. The van der Waals surface area contributed by atoms with Crippen LogP contribution in [0, 0.1) is 12.8 Å². The van der Waals surface area contributed by atoms with Crippen molar-refractivity contribution in [2.24, 2.45) is 13.0 Å². The van der Waals surface area contributed by atoms with Crippen molar-refractivity contribution in [3.8, 4) is 11.1 Å². The van der Waals surface area contributed by atoms with E-state index in [1.807, 2.05) is 31.2 Å². The molecule has 0 bridgehead atoms. The van der Waals surface area contributed by atoms with Gasteiger partial charge >= 0.3 is 12.1 Å². The Labute approximate surface area is 247 Å². The lowest BCUT2D eigenvalue weighted by molar-refractivity contribution is -0.173. The standard InChI is InChI=1S/C33H28N4O6/c1-19-26(15-34-35(19)2)27-16-36(17-28(27)32(40)43-37-30(38)24-13-7-8-14-25(24)31(37)39)33(41)42-18-29-22-11-5-3-9-20(22)21-10-4-6-12-23(21)29/h3-15,27-29H,16-18H2,1-2H3/t27-,28+/m0/s1. The maximum absolute atomic E-state index is 13.6. The normalized spacial score (nSPS) is 18.9. The molecule has 0 radical (unpaired) electrons. The molecule has 2 atom stereocenters. The number of aromatic nitrogens is 2. The van der Waals surface area contributed by atoms with Gasteiger partial charge in [-0.25, -0.2) is 9.59 Å². The lowest BCUT2D eigenvalue weighted by Gasteiger charge is -2.19. The maximum atomic E-state index is 13.6. The minimum atomic E-state index is -0.854. The average molecular weight is 577 g/mol. The van der Waals surface area contributed by atoms with Crippen LogP contribution in [0.3, 0.4) is 0 Å². The fraction of sp³-hybridized carbons (Fsp3) is 0.242. The van der Waals surface area contributed by atoms with E-state index in [2.05, 4.69) is 29.4 Å². The predicted octanol–water partition coefficient (Wildman–Crippen LogP) is 4.45. The van der Waals surface area contributed by atoms with Crippen LogP contribution in [0.5, 0.6) is 0 Å². The average Bonchev–Trinajstić information content (AvgIpc) is 3.76. The summed E-state index contributed by atoms with van der Waals surface area (Å²) in [6.07, 6.45) is 1.12. The van der Waals surface area contributed by atoms with Crippen LogP contribution in [0.15, 0.2) is 79.0 Å². The molecule has 3 aromatic carbocycles. The van der Waals surface area contributed by atoms with Crippen molar-refractivity contribution < 1.29 is 28.8 Å². The first-order chi connectivity index (χ1) is 20.8. The van der Waals surface area contributed by atoms with E-state index in [0.717, 1.165) is 33.5 Å². The summed E-state index contributed by atoms with van der Waals surface area (Å²) in [5, 5.41) is 4.83. The van der Waals surface area contributed by atoms with E-state index < -0.39 is 35.7 Å². The van der Waals surface area contributed by atoms with Gasteiger partial charge in [-0.2, -0.15) is 5.10 Å². The van der Waals surface area contributed by atoms with Gasteiger partial charge in [0, 0.05) is 37.7 Å². The van der Waals surface area contributed by atoms with Gasteiger partial charge in [0.15, 0.2) is 0 Å². The van der Waals surface area contributed by atoms with Crippen LogP contribution < -0.4 is 0 Å². The largest absolute Gasteiger partial charge is 0.448 e. The number of hydrogen-bond donors (Lipinski definition) is 0. The Kier molecular flexibility index (Phi) is 6.34. The molecule has 1 fully saturated rings. The minimum absolute atomic E-state index is 0.00230. The summed E-state index contributed by atoms with van der Waals surface area (Å²) >= 11 is 0. The molecule has 216 valence electrons. The molecule has 10 heteroatoms. The molecule has 0 spiro atoms. The number of hydroxylamine groups is 2. The van der Waals surface area contributed by atoms with Gasteiger partial charge in [0.2, 0.25) is 0 Å². The number of carbonyl (C=O) groups excluding carboxylic acids is 4. The topological polar surface area (TPSA) is 111 Å². The molecular weight excluding hydrogens is 548 g/mol. The number of carbonyl (C=O) groups is 4. The quantitative estimate of drug-likeness (QED) is 0.323. The summed E-state index contributed by atoms with van der Waals surface area (Å²) in [7, 11) is 1.79. The highest BCUT2D eigenvalue weighted by molar-refractivity contribution is 6.20. The summed E-state index contributed by atoms with van der Waals surface area (Å²) in [5.74, 6) is -3.62. The zero-order valence-corrected chi connectivity index (χ0v) is 23.6. The molecule has 1 aliphatic carbocycles. The zero-order chi connectivity index (χ0) is 29.8. The second kappa shape index (κ2) is 10.2. The van der Waals surface area contributed by atoms with Crippen LogP contribution in [-0.2, 0) is 21.4 Å². The van der Waals surface area contributed by atoms with Crippen LogP contribution >= 0.6 is 0 Å². The third-order valence-corrected chi connectivity index (χ3v) is 8.83. The van der Waals surface area contributed by atoms with E-state index in [1.54, 1.807) is 30.1 Å².